The maximum Gasteiger partial charge on any atom is 0.416 e. The van der Waals surface area contributed by atoms with Gasteiger partial charge in [0.05, 0.1) is 18.2 Å². The van der Waals surface area contributed by atoms with Crippen LogP contribution in [0.5, 0.6) is 5.75 Å². The quantitative estimate of drug-likeness (QED) is 0.686. The zero-order valence-electron chi connectivity index (χ0n) is 14.4. The molecule has 0 bridgehead atoms. The third kappa shape index (κ3) is 2.85. The van der Waals surface area contributed by atoms with Crippen LogP contribution < -0.4 is 10.1 Å². The predicted octanol–water partition coefficient (Wildman–Crippen LogP) is 5.93. The highest BCUT2D eigenvalue weighted by Crippen LogP contribution is 2.52. The van der Waals surface area contributed by atoms with E-state index in [2.05, 4.69) is 17.5 Å². The molecule has 136 valence electrons. The van der Waals surface area contributed by atoms with Gasteiger partial charge >= 0.3 is 6.18 Å². The lowest BCUT2D eigenvalue weighted by atomic mass is 9.76. The molecule has 3 atom stereocenters. The molecule has 26 heavy (non-hydrogen) atoms. The lowest BCUT2D eigenvalue weighted by molar-refractivity contribution is -0.138. The van der Waals surface area contributed by atoms with Crippen LogP contribution in [0.4, 0.5) is 18.9 Å². The summed E-state index contributed by atoms with van der Waals surface area (Å²) < 4.78 is 46.2. The molecular formula is C21H20F3NO. The Balaban J connectivity index is 1.78. The van der Waals surface area contributed by atoms with Crippen molar-refractivity contribution in [2.45, 2.75) is 31.5 Å². The molecule has 0 radical (unpaired) electrons. The van der Waals surface area contributed by atoms with E-state index in [1.54, 1.807) is 12.1 Å². The molecule has 0 amide bonds. The van der Waals surface area contributed by atoms with E-state index < -0.39 is 11.7 Å². The average Bonchev–Trinajstić information content (AvgIpc) is 3.11. The van der Waals surface area contributed by atoms with Crippen LogP contribution in [-0.4, -0.2) is 6.61 Å². The van der Waals surface area contributed by atoms with Crippen molar-refractivity contribution in [2.75, 3.05) is 11.9 Å². The molecule has 0 spiro atoms. The van der Waals surface area contributed by atoms with E-state index in [-0.39, 0.29) is 17.9 Å². The Labute approximate surface area is 150 Å². The summed E-state index contributed by atoms with van der Waals surface area (Å²) in [5, 5.41) is 3.37. The molecule has 1 aliphatic heterocycles. The van der Waals surface area contributed by atoms with Gasteiger partial charge in [-0.1, -0.05) is 30.4 Å². The second-order valence-electron chi connectivity index (χ2n) is 6.74. The number of ether oxygens (including phenoxy) is 1. The average molecular weight is 359 g/mol. The Bertz CT molecular complexity index is 843. The number of fused-ring (bicyclic) bond motifs is 3. The van der Waals surface area contributed by atoms with Gasteiger partial charge in [-0.25, -0.2) is 0 Å². The second-order valence-corrected chi connectivity index (χ2v) is 6.74. The molecular weight excluding hydrogens is 339 g/mol. The number of halogens is 3. The molecule has 0 fully saturated rings. The smallest absolute Gasteiger partial charge is 0.416 e. The molecule has 5 heteroatoms. The van der Waals surface area contributed by atoms with Crippen molar-refractivity contribution in [2.24, 2.45) is 5.92 Å². The maximum absolute atomic E-state index is 13.5. The van der Waals surface area contributed by atoms with Crippen LogP contribution in [0.15, 0.2) is 54.6 Å². The highest BCUT2D eigenvalue weighted by Gasteiger charge is 2.42. The van der Waals surface area contributed by atoms with Crippen LogP contribution in [0.2, 0.25) is 0 Å². The minimum atomic E-state index is -4.36. The monoisotopic (exact) mass is 359 g/mol. The third-order valence-corrected chi connectivity index (χ3v) is 5.25. The largest absolute Gasteiger partial charge is 0.494 e. The highest BCUT2D eigenvalue weighted by atomic mass is 19.4. The normalized spacial score (nSPS) is 23.9. The van der Waals surface area contributed by atoms with Gasteiger partial charge in [-0.2, -0.15) is 13.2 Å². The zero-order chi connectivity index (χ0) is 18.3. The Morgan fingerprint density at radius 1 is 1.12 bits per heavy atom. The van der Waals surface area contributed by atoms with Crippen molar-refractivity contribution >= 4 is 5.69 Å². The minimum Gasteiger partial charge on any atom is -0.494 e. The van der Waals surface area contributed by atoms with Gasteiger partial charge in [-0.05, 0) is 54.7 Å². The Morgan fingerprint density at radius 2 is 1.92 bits per heavy atom. The number of rotatable bonds is 3. The SMILES string of the molecule is CCOc1ccc2c(c1)[C@@H]1C=CC[C@@H]1[C@H](c1ccccc1C(F)(F)F)N2. The summed E-state index contributed by atoms with van der Waals surface area (Å²) in [5.41, 5.74) is 1.73. The van der Waals surface area contributed by atoms with Crippen molar-refractivity contribution in [3.63, 3.8) is 0 Å². The minimum absolute atomic E-state index is 0.0582. The summed E-state index contributed by atoms with van der Waals surface area (Å²) in [6, 6.07) is 11.3. The van der Waals surface area contributed by atoms with Gasteiger partial charge in [-0.3, -0.25) is 0 Å². The number of alkyl halides is 3. The Hall–Kier alpha value is -2.43. The summed E-state index contributed by atoms with van der Waals surface area (Å²) in [4.78, 5) is 0. The first kappa shape index (κ1) is 17.0. The van der Waals surface area contributed by atoms with Gasteiger partial charge in [0.1, 0.15) is 5.75 Å². The van der Waals surface area contributed by atoms with Crippen LogP contribution >= 0.6 is 0 Å². The summed E-state index contributed by atoms with van der Waals surface area (Å²) in [6.07, 6.45) is 0.581. The van der Waals surface area contributed by atoms with Crippen LogP contribution in [-0.2, 0) is 6.18 Å². The number of benzene rings is 2. The summed E-state index contributed by atoms with van der Waals surface area (Å²) in [6.45, 7) is 2.51. The van der Waals surface area contributed by atoms with Gasteiger partial charge in [0.15, 0.2) is 0 Å². The van der Waals surface area contributed by atoms with E-state index in [0.29, 0.717) is 12.2 Å². The number of hydrogen-bond donors (Lipinski definition) is 1. The molecule has 0 saturated carbocycles. The fourth-order valence-electron chi connectivity index (χ4n) is 4.16. The first-order valence-electron chi connectivity index (χ1n) is 8.85. The number of hydrogen-bond acceptors (Lipinski definition) is 2. The first-order valence-corrected chi connectivity index (χ1v) is 8.85. The topological polar surface area (TPSA) is 21.3 Å². The molecule has 1 aliphatic carbocycles. The molecule has 0 saturated heterocycles. The Kier molecular flexibility index (Phi) is 4.17. The van der Waals surface area contributed by atoms with E-state index in [1.165, 1.54) is 12.1 Å². The zero-order valence-corrected chi connectivity index (χ0v) is 14.4. The van der Waals surface area contributed by atoms with Gasteiger partial charge < -0.3 is 10.1 Å². The van der Waals surface area contributed by atoms with Gasteiger partial charge in [-0.15, -0.1) is 0 Å². The van der Waals surface area contributed by atoms with Crippen molar-refractivity contribution in [3.05, 3.63) is 71.3 Å². The second kappa shape index (κ2) is 6.38. The lowest BCUT2D eigenvalue weighted by Crippen LogP contribution is -2.30. The van der Waals surface area contributed by atoms with Crippen LogP contribution in [0, 0.1) is 5.92 Å². The fraction of sp³-hybridized carbons (Fsp3) is 0.333. The summed E-state index contributed by atoms with van der Waals surface area (Å²) in [5.74, 6) is 0.946. The van der Waals surface area contributed by atoms with E-state index >= 15 is 0 Å². The van der Waals surface area contributed by atoms with Crippen LogP contribution in [0.1, 0.15) is 42.0 Å². The molecule has 2 aromatic carbocycles. The van der Waals surface area contributed by atoms with Crippen molar-refractivity contribution in [3.8, 4) is 5.75 Å². The van der Waals surface area contributed by atoms with Gasteiger partial charge in [0, 0.05) is 11.6 Å². The highest BCUT2D eigenvalue weighted by molar-refractivity contribution is 5.62. The number of anilines is 1. The van der Waals surface area contributed by atoms with Crippen LogP contribution in [0.3, 0.4) is 0 Å². The lowest BCUT2D eigenvalue weighted by Gasteiger charge is -2.38. The van der Waals surface area contributed by atoms with Crippen molar-refractivity contribution in [1.29, 1.82) is 0 Å². The fourth-order valence-corrected chi connectivity index (χ4v) is 4.16. The summed E-state index contributed by atoms with van der Waals surface area (Å²) in [7, 11) is 0. The predicted molar refractivity (Wildman–Crippen MR) is 95.4 cm³/mol. The summed E-state index contributed by atoms with van der Waals surface area (Å²) >= 11 is 0. The van der Waals surface area contributed by atoms with E-state index in [1.807, 2.05) is 25.1 Å². The number of nitrogens with one attached hydrogen (secondary N) is 1. The van der Waals surface area contributed by atoms with E-state index in [4.69, 9.17) is 4.74 Å². The molecule has 0 aromatic heterocycles. The van der Waals surface area contributed by atoms with E-state index in [9.17, 15) is 13.2 Å². The number of allylic oxidation sites excluding steroid dienone is 2. The molecule has 2 nitrogen and oxygen atoms in total. The molecule has 2 aliphatic rings. The van der Waals surface area contributed by atoms with Crippen molar-refractivity contribution in [1.82, 2.24) is 0 Å². The molecule has 4 rings (SSSR count). The molecule has 1 heterocycles. The molecule has 0 unspecified atom stereocenters. The first-order chi connectivity index (χ1) is 12.5. The Morgan fingerprint density at radius 3 is 2.69 bits per heavy atom. The van der Waals surface area contributed by atoms with Gasteiger partial charge in [0.2, 0.25) is 0 Å². The molecule has 1 N–H and O–H groups in total. The standard InChI is InChI=1S/C21H20F3NO/c1-2-26-13-10-11-19-17(12-13)14-7-5-8-15(14)20(25-19)16-6-3-4-9-18(16)21(22,23)24/h3-7,9-12,14-15,20,25H,2,8H2,1H3/t14-,15+,20-/m1/s1. The molecule has 2 aromatic rings. The van der Waals surface area contributed by atoms with Gasteiger partial charge in [0.25, 0.3) is 0 Å². The van der Waals surface area contributed by atoms with Crippen LogP contribution in [0.25, 0.3) is 0 Å². The van der Waals surface area contributed by atoms with Crippen molar-refractivity contribution < 1.29 is 17.9 Å². The third-order valence-electron chi connectivity index (χ3n) is 5.25. The maximum atomic E-state index is 13.5. The van der Waals surface area contributed by atoms with E-state index in [0.717, 1.165) is 23.4 Å².